The normalized spacial score (nSPS) is 13.3. The molecule has 1 nitrogen and oxygen atoms in total. The van der Waals surface area contributed by atoms with Crippen LogP contribution in [0, 0.1) is 0 Å². The van der Waals surface area contributed by atoms with E-state index in [1.807, 2.05) is 13.2 Å². The average Bonchev–Trinajstić information content (AvgIpc) is 2.07. The van der Waals surface area contributed by atoms with Crippen LogP contribution in [-0.2, 0) is 4.43 Å². The molecule has 0 aliphatic heterocycles. The number of hydrogen-bond acceptors (Lipinski definition) is 1. The highest BCUT2D eigenvalue weighted by Gasteiger charge is 2.16. The molecule has 12 heavy (non-hydrogen) atoms. The highest BCUT2D eigenvalue weighted by Crippen LogP contribution is 2.07. The van der Waals surface area contributed by atoms with Crippen molar-refractivity contribution in [1.29, 1.82) is 0 Å². The van der Waals surface area contributed by atoms with Gasteiger partial charge < -0.3 is 4.43 Å². The zero-order valence-electron chi connectivity index (χ0n) is 7.95. The van der Waals surface area contributed by atoms with Gasteiger partial charge in [-0.25, -0.2) is 0 Å². The second-order valence-corrected chi connectivity index (χ2v) is 6.62. The van der Waals surface area contributed by atoms with Gasteiger partial charge in [0.2, 0.25) is 9.04 Å². The monoisotopic (exact) mass is 180 g/mol. The maximum Gasteiger partial charge on any atom is 0.210 e. The summed E-state index contributed by atoms with van der Waals surface area (Å²) in [6.45, 7) is 4.46. The topological polar surface area (TPSA) is 9.23 Å². The van der Waals surface area contributed by atoms with Crippen LogP contribution in [0.4, 0.5) is 0 Å². The Kier molecular flexibility index (Phi) is 3.50. The van der Waals surface area contributed by atoms with Crippen molar-refractivity contribution in [2.24, 2.45) is 0 Å². The van der Waals surface area contributed by atoms with E-state index in [0.717, 1.165) is 0 Å². The summed E-state index contributed by atoms with van der Waals surface area (Å²) in [7, 11) is 0.679. The molecular formula is C10H16OSi. The Balaban J connectivity index is 2.80. The lowest BCUT2D eigenvalue weighted by molar-refractivity contribution is 0.421. The molecule has 2 heteroatoms. The van der Waals surface area contributed by atoms with Crippen molar-refractivity contribution in [3.63, 3.8) is 0 Å². The summed E-state index contributed by atoms with van der Waals surface area (Å²) >= 11 is 0. The summed E-state index contributed by atoms with van der Waals surface area (Å²) in [6.07, 6.45) is 0. The van der Waals surface area contributed by atoms with Crippen molar-refractivity contribution < 1.29 is 4.43 Å². The maximum atomic E-state index is 5.54. The zero-order chi connectivity index (χ0) is 8.97. The van der Waals surface area contributed by atoms with Gasteiger partial charge in [-0.2, -0.15) is 0 Å². The van der Waals surface area contributed by atoms with Gasteiger partial charge in [-0.1, -0.05) is 44.2 Å². The smallest absolute Gasteiger partial charge is 0.210 e. The van der Waals surface area contributed by atoms with Crippen LogP contribution in [0.3, 0.4) is 0 Å². The van der Waals surface area contributed by atoms with Gasteiger partial charge in [-0.3, -0.25) is 0 Å². The highest BCUT2D eigenvalue weighted by atomic mass is 28.3. The molecule has 66 valence electrons. The Morgan fingerprint density at radius 1 is 1.17 bits per heavy atom. The molecule has 0 amide bonds. The summed E-state index contributed by atoms with van der Waals surface area (Å²) < 4.78 is 5.54. The molecule has 0 N–H and O–H groups in total. The van der Waals surface area contributed by atoms with E-state index in [1.165, 1.54) is 5.19 Å². The minimum Gasteiger partial charge on any atom is -0.418 e. The fourth-order valence-electron chi connectivity index (χ4n) is 1.44. The van der Waals surface area contributed by atoms with Crippen LogP contribution in [0.25, 0.3) is 0 Å². The second kappa shape index (κ2) is 4.43. The molecule has 0 saturated carbocycles. The lowest BCUT2D eigenvalue weighted by atomic mass is 10.4. The van der Waals surface area contributed by atoms with E-state index in [0.29, 0.717) is 5.54 Å². The molecule has 0 saturated heterocycles. The third-order valence-corrected chi connectivity index (χ3v) is 4.75. The van der Waals surface area contributed by atoms with E-state index in [2.05, 4.69) is 38.1 Å². The fourth-order valence-corrected chi connectivity index (χ4v) is 3.62. The number of benzene rings is 1. The van der Waals surface area contributed by atoms with Crippen molar-refractivity contribution in [3.8, 4) is 0 Å². The number of hydrogen-bond donors (Lipinski definition) is 0. The lowest BCUT2D eigenvalue weighted by Gasteiger charge is -2.16. The first-order valence-electron chi connectivity index (χ1n) is 4.33. The largest absolute Gasteiger partial charge is 0.418 e. The minimum atomic E-state index is -1.14. The van der Waals surface area contributed by atoms with Crippen LogP contribution in [-0.4, -0.2) is 16.2 Å². The Morgan fingerprint density at radius 3 is 2.17 bits per heavy atom. The van der Waals surface area contributed by atoms with Gasteiger partial charge >= 0.3 is 0 Å². The van der Waals surface area contributed by atoms with Gasteiger partial charge in [-0.05, 0) is 10.7 Å². The van der Waals surface area contributed by atoms with E-state index in [-0.39, 0.29) is 0 Å². The molecule has 1 rings (SSSR count). The van der Waals surface area contributed by atoms with Crippen molar-refractivity contribution in [2.45, 2.75) is 19.4 Å². The molecule has 0 aliphatic rings. The Bertz CT molecular complexity index is 221. The van der Waals surface area contributed by atoms with Crippen LogP contribution in [0.2, 0.25) is 5.54 Å². The summed E-state index contributed by atoms with van der Waals surface area (Å²) in [5.41, 5.74) is 0.664. The maximum absolute atomic E-state index is 5.54. The van der Waals surface area contributed by atoms with Gasteiger partial charge in [0.25, 0.3) is 0 Å². The van der Waals surface area contributed by atoms with Gasteiger partial charge in [0.1, 0.15) is 0 Å². The molecule has 0 fully saturated rings. The van der Waals surface area contributed by atoms with E-state index in [4.69, 9.17) is 4.43 Å². The van der Waals surface area contributed by atoms with Crippen molar-refractivity contribution >= 4 is 14.2 Å². The molecule has 1 aromatic carbocycles. The molecule has 1 aromatic rings. The Morgan fingerprint density at radius 2 is 1.75 bits per heavy atom. The molecule has 0 bridgehead atoms. The zero-order valence-corrected chi connectivity index (χ0v) is 9.10. The van der Waals surface area contributed by atoms with Gasteiger partial charge in [0.15, 0.2) is 0 Å². The lowest BCUT2D eigenvalue weighted by Crippen LogP contribution is -2.34. The average molecular weight is 180 g/mol. The highest BCUT2D eigenvalue weighted by molar-refractivity contribution is 6.68. The summed E-state index contributed by atoms with van der Waals surface area (Å²) in [5.74, 6) is 0. The molecule has 0 aliphatic carbocycles. The fraction of sp³-hybridized carbons (Fsp3) is 0.400. The molecule has 0 heterocycles. The van der Waals surface area contributed by atoms with Gasteiger partial charge in [-0.15, -0.1) is 0 Å². The Hall–Kier alpha value is -0.603. The van der Waals surface area contributed by atoms with E-state index < -0.39 is 9.04 Å². The SMILES string of the molecule is CO[SiH](c1ccccc1)C(C)C. The molecule has 1 unspecified atom stereocenters. The van der Waals surface area contributed by atoms with Crippen LogP contribution in [0.1, 0.15) is 13.8 Å². The third-order valence-electron chi connectivity index (χ3n) is 1.99. The predicted octanol–water partition coefficient (Wildman–Crippen LogP) is 1.67. The summed E-state index contributed by atoms with van der Waals surface area (Å²) in [5, 5.41) is 1.40. The van der Waals surface area contributed by atoms with Crippen molar-refractivity contribution in [3.05, 3.63) is 30.3 Å². The molecule has 1 atom stereocenters. The van der Waals surface area contributed by atoms with Crippen LogP contribution >= 0.6 is 0 Å². The first-order valence-corrected chi connectivity index (χ1v) is 6.05. The summed E-state index contributed by atoms with van der Waals surface area (Å²) in [4.78, 5) is 0. The molecule has 0 aromatic heterocycles. The quantitative estimate of drug-likeness (QED) is 0.643. The van der Waals surface area contributed by atoms with E-state index >= 15 is 0 Å². The second-order valence-electron chi connectivity index (χ2n) is 3.31. The van der Waals surface area contributed by atoms with Crippen molar-refractivity contribution in [1.82, 2.24) is 0 Å². The van der Waals surface area contributed by atoms with Gasteiger partial charge in [0.05, 0.1) is 0 Å². The van der Waals surface area contributed by atoms with Gasteiger partial charge in [0, 0.05) is 7.11 Å². The van der Waals surface area contributed by atoms with E-state index in [9.17, 15) is 0 Å². The first kappa shape index (κ1) is 9.48. The standard InChI is InChI=1S/C10H16OSi/c1-9(2)12(11-3)10-7-5-4-6-8-10/h4-9,12H,1-3H3. The first-order chi connectivity index (χ1) is 5.75. The predicted molar refractivity (Wildman–Crippen MR) is 55.3 cm³/mol. The number of rotatable bonds is 3. The van der Waals surface area contributed by atoms with E-state index in [1.54, 1.807) is 0 Å². The Labute approximate surface area is 76.1 Å². The summed E-state index contributed by atoms with van der Waals surface area (Å²) in [6, 6.07) is 10.5. The molecule has 0 spiro atoms. The van der Waals surface area contributed by atoms with Crippen molar-refractivity contribution in [2.75, 3.05) is 7.11 Å². The van der Waals surface area contributed by atoms with Crippen LogP contribution in [0.15, 0.2) is 30.3 Å². The molecular weight excluding hydrogens is 164 g/mol. The minimum absolute atomic E-state index is 0.664. The third kappa shape index (κ3) is 2.19. The van der Waals surface area contributed by atoms with Crippen LogP contribution < -0.4 is 5.19 Å². The van der Waals surface area contributed by atoms with Crippen LogP contribution in [0.5, 0.6) is 0 Å². The molecule has 0 radical (unpaired) electrons.